The predicted molar refractivity (Wildman–Crippen MR) is 72.2 cm³/mol. The molecule has 0 aliphatic rings. The van der Waals surface area contributed by atoms with Gasteiger partial charge < -0.3 is 10.4 Å². The highest BCUT2D eigenvalue weighted by atomic mass is 32.1. The molecule has 0 radical (unpaired) electrons. The molecule has 1 atom stereocenters. The Kier molecular flexibility index (Phi) is 5.68. The lowest BCUT2D eigenvalue weighted by atomic mass is 9.97. The Morgan fingerprint density at radius 3 is 2.58 bits per heavy atom. The summed E-state index contributed by atoms with van der Waals surface area (Å²) in [7, 11) is 0. The molecular formula is C11H18N4O3S. The van der Waals surface area contributed by atoms with Crippen LogP contribution in [-0.2, 0) is 4.79 Å². The molecule has 19 heavy (non-hydrogen) atoms. The van der Waals surface area contributed by atoms with E-state index in [-0.39, 0.29) is 12.5 Å². The lowest BCUT2D eigenvalue weighted by Gasteiger charge is -2.15. The first-order valence-corrected chi connectivity index (χ1v) is 6.73. The summed E-state index contributed by atoms with van der Waals surface area (Å²) in [5.74, 6) is -0.636. The SMILES string of the molecule is Cc1nsc(NC(=O)NCC(CC(C)C)C(=O)O)n1. The fourth-order valence-corrected chi connectivity index (χ4v) is 2.12. The maximum Gasteiger partial charge on any atom is 0.321 e. The topological polar surface area (TPSA) is 104 Å². The van der Waals surface area contributed by atoms with Gasteiger partial charge in [-0.05, 0) is 19.3 Å². The standard InChI is InChI=1S/C11H18N4O3S/c1-6(2)4-8(9(16)17)5-12-10(18)14-11-13-7(3)15-19-11/h6,8H,4-5H2,1-3H3,(H,16,17)(H2,12,13,14,15,18). The second kappa shape index (κ2) is 7.03. The van der Waals surface area contributed by atoms with Crippen LogP contribution in [0.2, 0.25) is 0 Å². The molecule has 8 heteroatoms. The Morgan fingerprint density at radius 2 is 2.11 bits per heavy atom. The number of nitrogens with one attached hydrogen (secondary N) is 2. The van der Waals surface area contributed by atoms with Gasteiger partial charge in [-0.3, -0.25) is 10.1 Å². The van der Waals surface area contributed by atoms with E-state index in [9.17, 15) is 9.59 Å². The molecule has 3 N–H and O–H groups in total. The second-order valence-corrected chi connectivity index (χ2v) is 5.40. The molecule has 1 unspecified atom stereocenters. The molecule has 7 nitrogen and oxygen atoms in total. The van der Waals surface area contributed by atoms with Gasteiger partial charge in [-0.25, -0.2) is 9.78 Å². The highest BCUT2D eigenvalue weighted by Gasteiger charge is 2.19. The summed E-state index contributed by atoms with van der Waals surface area (Å²) >= 11 is 1.08. The minimum Gasteiger partial charge on any atom is -0.481 e. The molecule has 0 bridgehead atoms. The summed E-state index contributed by atoms with van der Waals surface area (Å²) in [5.41, 5.74) is 0. The summed E-state index contributed by atoms with van der Waals surface area (Å²) < 4.78 is 3.93. The summed E-state index contributed by atoms with van der Waals surface area (Å²) in [6.45, 7) is 5.71. The number of aryl methyl sites for hydroxylation is 1. The number of carboxylic acid groups (broad SMARTS) is 1. The minimum atomic E-state index is -0.902. The van der Waals surface area contributed by atoms with Crippen molar-refractivity contribution in [3.05, 3.63) is 5.82 Å². The van der Waals surface area contributed by atoms with Crippen LogP contribution in [-0.4, -0.2) is 33.0 Å². The van der Waals surface area contributed by atoms with Crippen LogP contribution in [0.25, 0.3) is 0 Å². The fraction of sp³-hybridized carbons (Fsp3) is 0.636. The summed E-state index contributed by atoms with van der Waals surface area (Å²) in [6, 6.07) is -0.467. The number of rotatable bonds is 6. The fourth-order valence-electron chi connectivity index (χ4n) is 1.55. The Labute approximate surface area is 115 Å². The van der Waals surface area contributed by atoms with Gasteiger partial charge in [0.05, 0.1) is 5.92 Å². The van der Waals surface area contributed by atoms with Crippen molar-refractivity contribution in [1.82, 2.24) is 14.7 Å². The monoisotopic (exact) mass is 286 g/mol. The lowest BCUT2D eigenvalue weighted by Crippen LogP contribution is -2.36. The zero-order valence-corrected chi connectivity index (χ0v) is 12.0. The van der Waals surface area contributed by atoms with E-state index >= 15 is 0 Å². The van der Waals surface area contributed by atoms with Gasteiger partial charge in [0, 0.05) is 18.1 Å². The van der Waals surface area contributed by atoms with Crippen LogP contribution in [0.3, 0.4) is 0 Å². The van der Waals surface area contributed by atoms with Crippen molar-refractivity contribution in [2.24, 2.45) is 11.8 Å². The van der Waals surface area contributed by atoms with E-state index in [0.717, 1.165) is 11.5 Å². The van der Waals surface area contributed by atoms with Gasteiger partial charge in [0.25, 0.3) is 0 Å². The number of carboxylic acids is 1. The van der Waals surface area contributed by atoms with E-state index in [0.29, 0.717) is 17.4 Å². The molecule has 0 aromatic carbocycles. The van der Waals surface area contributed by atoms with Gasteiger partial charge in [-0.2, -0.15) is 4.37 Å². The van der Waals surface area contributed by atoms with Crippen molar-refractivity contribution < 1.29 is 14.7 Å². The molecule has 106 valence electrons. The van der Waals surface area contributed by atoms with Gasteiger partial charge in [0.2, 0.25) is 5.13 Å². The first kappa shape index (κ1) is 15.4. The number of anilines is 1. The number of carbonyl (C=O) groups excluding carboxylic acids is 1. The molecule has 0 saturated heterocycles. The van der Waals surface area contributed by atoms with Crippen LogP contribution in [0, 0.1) is 18.8 Å². The van der Waals surface area contributed by atoms with Crippen molar-refractivity contribution >= 4 is 28.7 Å². The summed E-state index contributed by atoms with van der Waals surface area (Å²) in [6.07, 6.45) is 0.521. The quantitative estimate of drug-likeness (QED) is 0.738. The third kappa shape index (κ3) is 5.64. The Bertz CT molecular complexity index is 447. The smallest absolute Gasteiger partial charge is 0.321 e. The van der Waals surface area contributed by atoms with Gasteiger partial charge >= 0.3 is 12.0 Å². The van der Waals surface area contributed by atoms with Gasteiger partial charge in [-0.15, -0.1) is 0 Å². The number of urea groups is 1. The molecule has 1 heterocycles. The maximum atomic E-state index is 11.6. The molecule has 0 spiro atoms. The van der Waals surface area contributed by atoms with Crippen LogP contribution in [0.4, 0.5) is 9.93 Å². The number of hydrogen-bond acceptors (Lipinski definition) is 5. The number of carbonyl (C=O) groups is 2. The Hall–Kier alpha value is -1.70. The van der Waals surface area contributed by atoms with Gasteiger partial charge in [0.1, 0.15) is 5.82 Å². The molecule has 1 aromatic heterocycles. The molecule has 0 fully saturated rings. The minimum absolute atomic E-state index is 0.0944. The van der Waals surface area contributed by atoms with E-state index in [1.807, 2.05) is 13.8 Å². The highest BCUT2D eigenvalue weighted by molar-refractivity contribution is 7.09. The Balaban J connectivity index is 2.41. The van der Waals surface area contributed by atoms with Crippen molar-refractivity contribution in [2.45, 2.75) is 27.2 Å². The predicted octanol–water partition coefficient (Wildman–Crippen LogP) is 1.71. The number of nitrogens with zero attached hydrogens (tertiary/aromatic N) is 2. The van der Waals surface area contributed by atoms with Gasteiger partial charge in [-0.1, -0.05) is 13.8 Å². The van der Waals surface area contributed by atoms with Crippen LogP contribution >= 0.6 is 11.5 Å². The molecule has 2 amide bonds. The van der Waals surface area contributed by atoms with Crippen LogP contribution in [0.5, 0.6) is 0 Å². The normalized spacial score (nSPS) is 12.2. The van der Waals surface area contributed by atoms with Gasteiger partial charge in [0.15, 0.2) is 0 Å². The van der Waals surface area contributed by atoms with Crippen molar-refractivity contribution in [3.63, 3.8) is 0 Å². The molecule has 1 rings (SSSR count). The van der Waals surface area contributed by atoms with Crippen molar-refractivity contribution in [3.8, 4) is 0 Å². The molecule has 0 aliphatic heterocycles. The van der Waals surface area contributed by atoms with Crippen molar-refractivity contribution in [2.75, 3.05) is 11.9 Å². The van der Waals surface area contributed by atoms with E-state index < -0.39 is 17.9 Å². The number of amides is 2. The number of aliphatic carboxylic acids is 1. The Morgan fingerprint density at radius 1 is 1.42 bits per heavy atom. The third-order valence-corrected chi connectivity index (χ3v) is 3.08. The van der Waals surface area contributed by atoms with Crippen molar-refractivity contribution in [1.29, 1.82) is 0 Å². The van der Waals surface area contributed by atoms with E-state index in [2.05, 4.69) is 20.0 Å². The maximum absolute atomic E-state index is 11.6. The molecule has 0 saturated carbocycles. The molecular weight excluding hydrogens is 268 g/mol. The number of hydrogen-bond donors (Lipinski definition) is 3. The van der Waals surface area contributed by atoms with Crippen LogP contribution in [0.1, 0.15) is 26.1 Å². The molecule has 1 aromatic rings. The average molecular weight is 286 g/mol. The molecule has 0 aliphatic carbocycles. The number of aromatic nitrogens is 2. The third-order valence-electron chi connectivity index (χ3n) is 2.36. The average Bonchev–Trinajstić information content (AvgIpc) is 2.69. The first-order valence-electron chi connectivity index (χ1n) is 5.96. The largest absolute Gasteiger partial charge is 0.481 e. The van der Waals surface area contributed by atoms with E-state index in [1.54, 1.807) is 6.92 Å². The highest BCUT2D eigenvalue weighted by Crippen LogP contribution is 2.12. The van der Waals surface area contributed by atoms with Crippen LogP contribution in [0.15, 0.2) is 0 Å². The summed E-state index contributed by atoms with van der Waals surface area (Å²) in [5, 5.41) is 14.5. The lowest BCUT2D eigenvalue weighted by molar-refractivity contribution is -0.142. The summed E-state index contributed by atoms with van der Waals surface area (Å²) in [4.78, 5) is 26.6. The van der Waals surface area contributed by atoms with E-state index in [4.69, 9.17) is 5.11 Å². The zero-order chi connectivity index (χ0) is 14.4. The zero-order valence-electron chi connectivity index (χ0n) is 11.1. The second-order valence-electron chi connectivity index (χ2n) is 4.65. The van der Waals surface area contributed by atoms with E-state index in [1.165, 1.54) is 0 Å². The first-order chi connectivity index (χ1) is 8.88. The van der Waals surface area contributed by atoms with Crippen LogP contribution < -0.4 is 10.6 Å².